The molecule has 6 nitrogen and oxygen atoms in total. The zero-order chi connectivity index (χ0) is 44.4. The van der Waals surface area contributed by atoms with E-state index in [1.165, 1.54) is 180 Å². The quantitative estimate of drug-likeness (QED) is 0.0262. The number of hydrogen-bond donors (Lipinski definition) is 0. The van der Waals surface area contributed by atoms with Gasteiger partial charge in [0.15, 0.2) is 6.10 Å². The number of carbonyl (C=O) groups excluding carboxylic acids is 3. The predicted octanol–water partition coefficient (Wildman–Crippen LogP) is 17.5. The molecule has 0 aliphatic heterocycles. The number of hydrogen-bond acceptors (Lipinski definition) is 6. The van der Waals surface area contributed by atoms with Gasteiger partial charge in [0.2, 0.25) is 0 Å². The SMILES string of the molecule is CCCC/C=C\C=C/CCCCCC(=O)OCC(COC(=O)CCCCCCCCCCCCCCCCCCCCC)OC(=O)CCCCCCCCCCCCCCC. The van der Waals surface area contributed by atoms with Crippen LogP contribution in [0.4, 0.5) is 0 Å². The lowest BCUT2D eigenvalue weighted by Gasteiger charge is -2.18. The summed E-state index contributed by atoms with van der Waals surface area (Å²) < 4.78 is 16.8. The van der Waals surface area contributed by atoms with Crippen LogP contribution in [0.3, 0.4) is 0 Å². The highest BCUT2D eigenvalue weighted by Gasteiger charge is 2.19. The van der Waals surface area contributed by atoms with Gasteiger partial charge in [-0.15, -0.1) is 0 Å². The number of rotatable bonds is 49. The van der Waals surface area contributed by atoms with Crippen molar-refractivity contribution in [3.63, 3.8) is 0 Å². The summed E-state index contributed by atoms with van der Waals surface area (Å²) >= 11 is 0. The summed E-state index contributed by atoms with van der Waals surface area (Å²) in [6, 6.07) is 0. The predicted molar refractivity (Wildman–Crippen MR) is 261 cm³/mol. The van der Waals surface area contributed by atoms with Gasteiger partial charge in [-0.25, -0.2) is 0 Å². The second-order valence-corrected chi connectivity index (χ2v) is 18.2. The van der Waals surface area contributed by atoms with Crippen molar-refractivity contribution < 1.29 is 28.6 Å². The molecule has 6 heteroatoms. The van der Waals surface area contributed by atoms with E-state index in [1.54, 1.807) is 0 Å². The van der Waals surface area contributed by atoms with Crippen LogP contribution in [0.2, 0.25) is 0 Å². The van der Waals surface area contributed by atoms with Gasteiger partial charge in [-0.3, -0.25) is 14.4 Å². The molecule has 0 aromatic rings. The molecule has 0 aliphatic rings. The van der Waals surface area contributed by atoms with E-state index >= 15 is 0 Å². The van der Waals surface area contributed by atoms with E-state index in [2.05, 4.69) is 45.1 Å². The molecule has 0 fully saturated rings. The first-order valence-electron chi connectivity index (χ1n) is 26.9. The molecular weight excluding hydrogens is 757 g/mol. The Bertz CT molecular complexity index is 989. The van der Waals surface area contributed by atoms with Gasteiger partial charge < -0.3 is 14.2 Å². The number of esters is 3. The second-order valence-electron chi connectivity index (χ2n) is 18.2. The molecule has 0 aromatic heterocycles. The number of unbranched alkanes of at least 4 members (excludes halogenated alkanes) is 35. The van der Waals surface area contributed by atoms with Crippen LogP contribution in [-0.2, 0) is 28.6 Å². The topological polar surface area (TPSA) is 78.9 Å². The molecule has 0 saturated heterocycles. The first kappa shape index (κ1) is 58.9. The lowest BCUT2D eigenvalue weighted by molar-refractivity contribution is -0.167. The van der Waals surface area contributed by atoms with Gasteiger partial charge in [-0.2, -0.15) is 0 Å². The van der Waals surface area contributed by atoms with Crippen molar-refractivity contribution in [1.82, 2.24) is 0 Å². The lowest BCUT2D eigenvalue weighted by atomic mass is 10.0. The molecule has 61 heavy (non-hydrogen) atoms. The van der Waals surface area contributed by atoms with Crippen molar-refractivity contribution in [3.8, 4) is 0 Å². The van der Waals surface area contributed by atoms with Gasteiger partial charge in [0.05, 0.1) is 0 Å². The van der Waals surface area contributed by atoms with Crippen LogP contribution in [0.25, 0.3) is 0 Å². The maximum absolute atomic E-state index is 12.8. The highest BCUT2D eigenvalue weighted by molar-refractivity contribution is 5.71. The average molecular weight is 859 g/mol. The lowest BCUT2D eigenvalue weighted by Crippen LogP contribution is -2.30. The number of carbonyl (C=O) groups is 3. The Hall–Kier alpha value is -2.11. The van der Waals surface area contributed by atoms with E-state index in [-0.39, 0.29) is 31.1 Å². The molecule has 0 aromatic carbocycles. The third kappa shape index (κ3) is 48.8. The first-order valence-corrected chi connectivity index (χ1v) is 26.9. The summed E-state index contributed by atoms with van der Waals surface area (Å²) in [6.45, 7) is 6.60. The highest BCUT2D eigenvalue weighted by atomic mass is 16.6. The van der Waals surface area contributed by atoms with E-state index < -0.39 is 6.10 Å². The van der Waals surface area contributed by atoms with Crippen molar-refractivity contribution in [3.05, 3.63) is 24.3 Å². The zero-order valence-corrected chi connectivity index (χ0v) is 40.9. The third-order valence-corrected chi connectivity index (χ3v) is 12.0. The molecule has 0 aliphatic carbocycles. The molecule has 0 amide bonds. The smallest absolute Gasteiger partial charge is 0.306 e. The van der Waals surface area contributed by atoms with Crippen molar-refractivity contribution in [2.24, 2.45) is 0 Å². The number of allylic oxidation sites excluding steroid dienone is 4. The Balaban J connectivity index is 4.28. The summed E-state index contributed by atoms with van der Waals surface area (Å²) in [5.41, 5.74) is 0. The zero-order valence-electron chi connectivity index (χ0n) is 40.9. The minimum absolute atomic E-state index is 0.0746. The Morgan fingerprint density at radius 2 is 0.590 bits per heavy atom. The van der Waals surface area contributed by atoms with E-state index in [1.807, 2.05) is 0 Å². The van der Waals surface area contributed by atoms with Gasteiger partial charge >= 0.3 is 17.9 Å². The van der Waals surface area contributed by atoms with Crippen LogP contribution in [0.15, 0.2) is 24.3 Å². The van der Waals surface area contributed by atoms with Gasteiger partial charge in [-0.05, 0) is 38.5 Å². The van der Waals surface area contributed by atoms with Gasteiger partial charge in [0.25, 0.3) is 0 Å². The maximum Gasteiger partial charge on any atom is 0.306 e. The molecule has 0 N–H and O–H groups in total. The summed E-state index contributed by atoms with van der Waals surface area (Å²) in [7, 11) is 0. The Morgan fingerprint density at radius 1 is 0.328 bits per heavy atom. The fourth-order valence-corrected chi connectivity index (χ4v) is 7.89. The fourth-order valence-electron chi connectivity index (χ4n) is 7.89. The summed E-state index contributed by atoms with van der Waals surface area (Å²) in [5, 5.41) is 0. The summed E-state index contributed by atoms with van der Waals surface area (Å²) in [4.78, 5) is 37.9. The Labute approximate surface area is 379 Å². The molecule has 0 radical (unpaired) electrons. The maximum atomic E-state index is 12.8. The Kier molecular flexibility index (Phi) is 48.8. The van der Waals surface area contributed by atoms with E-state index in [4.69, 9.17) is 14.2 Å². The van der Waals surface area contributed by atoms with E-state index in [9.17, 15) is 14.4 Å². The Morgan fingerprint density at radius 3 is 0.918 bits per heavy atom. The van der Waals surface area contributed by atoms with Crippen LogP contribution in [0, 0.1) is 0 Å². The monoisotopic (exact) mass is 859 g/mol. The summed E-state index contributed by atoms with van der Waals surface area (Å²) in [6.07, 6.45) is 57.4. The normalized spacial score (nSPS) is 12.1. The van der Waals surface area contributed by atoms with Crippen molar-refractivity contribution >= 4 is 17.9 Å². The molecule has 358 valence electrons. The fraction of sp³-hybridized carbons (Fsp3) is 0.873. The van der Waals surface area contributed by atoms with Gasteiger partial charge in [0, 0.05) is 19.3 Å². The molecular formula is C55H102O6. The molecule has 1 atom stereocenters. The van der Waals surface area contributed by atoms with Gasteiger partial charge in [0.1, 0.15) is 13.2 Å². The molecule has 0 saturated carbocycles. The largest absolute Gasteiger partial charge is 0.462 e. The molecule has 1 unspecified atom stereocenters. The first-order chi connectivity index (χ1) is 30.0. The van der Waals surface area contributed by atoms with Crippen molar-refractivity contribution in [2.45, 2.75) is 297 Å². The molecule has 0 rings (SSSR count). The van der Waals surface area contributed by atoms with E-state index in [0.717, 1.165) is 70.6 Å². The van der Waals surface area contributed by atoms with Crippen LogP contribution >= 0.6 is 0 Å². The van der Waals surface area contributed by atoms with Crippen LogP contribution < -0.4 is 0 Å². The minimum Gasteiger partial charge on any atom is -0.462 e. The van der Waals surface area contributed by atoms with Crippen LogP contribution in [-0.4, -0.2) is 37.2 Å². The highest BCUT2D eigenvalue weighted by Crippen LogP contribution is 2.17. The van der Waals surface area contributed by atoms with Crippen molar-refractivity contribution in [2.75, 3.05) is 13.2 Å². The van der Waals surface area contributed by atoms with E-state index in [0.29, 0.717) is 19.3 Å². The van der Waals surface area contributed by atoms with Crippen LogP contribution in [0.5, 0.6) is 0 Å². The molecule has 0 heterocycles. The number of ether oxygens (including phenoxy) is 3. The third-order valence-electron chi connectivity index (χ3n) is 12.0. The van der Waals surface area contributed by atoms with Gasteiger partial charge in [-0.1, -0.05) is 257 Å². The molecule has 0 bridgehead atoms. The summed E-state index contributed by atoms with van der Waals surface area (Å²) in [5.74, 6) is -0.888. The van der Waals surface area contributed by atoms with Crippen LogP contribution in [0.1, 0.15) is 290 Å². The molecule has 0 spiro atoms. The minimum atomic E-state index is -0.775. The standard InChI is InChI=1S/C55H102O6/c1-4-7-10-13-16-19-22-24-25-26-27-28-29-31-33-36-39-42-45-48-54(57)60-51-52(50-59-53(56)47-44-41-38-35-32-21-18-15-12-9-6-3)61-55(58)49-46-43-40-37-34-30-23-20-17-14-11-8-5-2/h15,18,21,32,52H,4-14,16-17,19-20,22-31,33-51H2,1-3H3/b18-15-,32-21-. The van der Waals surface area contributed by atoms with Crippen molar-refractivity contribution in [1.29, 1.82) is 0 Å². The average Bonchev–Trinajstić information content (AvgIpc) is 3.26. The second kappa shape index (κ2) is 50.5.